The maximum Gasteiger partial charge on any atom is 0.136 e. The van der Waals surface area contributed by atoms with Crippen LogP contribution in [-0.2, 0) is 9.53 Å². The third kappa shape index (κ3) is 1.50. The molecule has 1 saturated heterocycles. The van der Waals surface area contributed by atoms with Crippen molar-refractivity contribution >= 4 is 5.78 Å². The zero-order valence-electron chi connectivity index (χ0n) is 11.6. The number of rotatable bonds is 0. The van der Waals surface area contributed by atoms with Crippen molar-refractivity contribution in [1.82, 2.24) is 0 Å². The van der Waals surface area contributed by atoms with Crippen molar-refractivity contribution in [2.24, 2.45) is 35.5 Å². The fraction of sp³-hybridized carbons (Fsp3) is 0.941. The van der Waals surface area contributed by atoms with Gasteiger partial charge in [-0.15, -0.1) is 0 Å². The number of epoxide rings is 1. The van der Waals surface area contributed by atoms with Gasteiger partial charge in [0.1, 0.15) is 5.78 Å². The molecule has 2 heteroatoms. The van der Waals surface area contributed by atoms with Crippen molar-refractivity contribution in [3.63, 3.8) is 0 Å². The highest BCUT2D eigenvalue weighted by atomic mass is 16.6. The molecule has 4 aliphatic carbocycles. The molecule has 19 heavy (non-hydrogen) atoms. The first-order valence-corrected chi connectivity index (χ1v) is 8.51. The smallest absolute Gasteiger partial charge is 0.136 e. The first-order chi connectivity index (χ1) is 9.33. The van der Waals surface area contributed by atoms with E-state index in [1.807, 2.05) is 0 Å². The lowest BCUT2D eigenvalue weighted by molar-refractivity contribution is -0.124. The second-order valence-corrected chi connectivity index (χ2v) is 7.80. The molecule has 0 amide bonds. The minimum Gasteiger partial charge on any atom is -0.369 e. The number of ketones is 1. The Bertz CT molecular complexity index is 417. The van der Waals surface area contributed by atoms with Gasteiger partial charge < -0.3 is 4.74 Å². The van der Waals surface area contributed by atoms with E-state index in [4.69, 9.17) is 4.74 Å². The number of carbonyl (C=O) groups is 1. The van der Waals surface area contributed by atoms with Gasteiger partial charge in [-0.2, -0.15) is 0 Å². The van der Waals surface area contributed by atoms with Crippen LogP contribution in [0.4, 0.5) is 0 Å². The van der Waals surface area contributed by atoms with Gasteiger partial charge in [0.25, 0.3) is 0 Å². The van der Waals surface area contributed by atoms with E-state index in [-0.39, 0.29) is 0 Å². The zero-order valence-corrected chi connectivity index (χ0v) is 11.6. The Kier molecular flexibility index (Phi) is 2.29. The Morgan fingerprint density at radius 1 is 0.737 bits per heavy atom. The van der Waals surface area contributed by atoms with Crippen LogP contribution < -0.4 is 0 Å². The number of carbonyl (C=O) groups excluding carboxylic acids is 1. The van der Waals surface area contributed by atoms with Crippen molar-refractivity contribution in [2.75, 3.05) is 0 Å². The van der Waals surface area contributed by atoms with Gasteiger partial charge in [-0.3, -0.25) is 4.79 Å². The number of fused-ring (bicyclic) bond motifs is 7. The highest BCUT2D eigenvalue weighted by molar-refractivity contribution is 5.83. The Balaban J connectivity index is 1.42. The van der Waals surface area contributed by atoms with Crippen LogP contribution in [-0.4, -0.2) is 18.0 Å². The number of hydrogen-bond donors (Lipinski definition) is 0. The number of hydrogen-bond acceptors (Lipinski definition) is 2. The van der Waals surface area contributed by atoms with E-state index in [0.29, 0.717) is 23.9 Å². The van der Waals surface area contributed by atoms with Crippen molar-refractivity contribution in [3.05, 3.63) is 0 Å². The second kappa shape index (κ2) is 3.84. The first kappa shape index (κ1) is 11.3. The van der Waals surface area contributed by atoms with E-state index in [1.165, 1.54) is 44.9 Å². The molecule has 5 aliphatic rings. The number of Topliss-reactive ketones (excluding diaryl/α,β-unsaturated/α-hetero) is 1. The molecule has 4 saturated carbocycles. The lowest BCUT2D eigenvalue weighted by Crippen LogP contribution is -2.46. The van der Waals surface area contributed by atoms with Gasteiger partial charge in [-0.1, -0.05) is 0 Å². The molecule has 0 aromatic rings. The van der Waals surface area contributed by atoms with Gasteiger partial charge >= 0.3 is 0 Å². The summed E-state index contributed by atoms with van der Waals surface area (Å²) in [6.07, 6.45) is 11.5. The average molecular weight is 260 g/mol. The van der Waals surface area contributed by atoms with Crippen molar-refractivity contribution in [2.45, 2.75) is 63.6 Å². The van der Waals surface area contributed by atoms with Crippen molar-refractivity contribution < 1.29 is 9.53 Å². The van der Waals surface area contributed by atoms with Crippen LogP contribution in [0.15, 0.2) is 0 Å². The predicted molar refractivity (Wildman–Crippen MR) is 71.5 cm³/mol. The molecule has 1 aliphatic heterocycles. The molecule has 1 heterocycles. The summed E-state index contributed by atoms with van der Waals surface area (Å²) in [6, 6.07) is 0. The average Bonchev–Trinajstić information content (AvgIpc) is 3.15. The van der Waals surface area contributed by atoms with E-state index >= 15 is 0 Å². The molecular weight excluding hydrogens is 236 g/mol. The molecule has 0 aromatic carbocycles. The molecule has 0 bridgehead atoms. The largest absolute Gasteiger partial charge is 0.369 e. The van der Waals surface area contributed by atoms with Gasteiger partial charge in [0.15, 0.2) is 0 Å². The van der Waals surface area contributed by atoms with Crippen LogP contribution in [0.3, 0.4) is 0 Å². The third-order valence-corrected chi connectivity index (χ3v) is 7.33. The van der Waals surface area contributed by atoms with E-state index in [0.717, 1.165) is 36.0 Å². The summed E-state index contributed by atoms with van der Waals surface area (Å²) in [5.74, 6) is 5.49. The standard InChI is InChI=1S/C17H24O2/c18-15-7-5-11-9-2-4-14-12(6-8-16-17(14)19-16)10(9)1-3-13(11)15/h9-14,16-17H,1-8H2/t9?,10?,11?,12?,13?,14?,16?,17-/m1/s1. The minimum atomic E-state index is 0.464. The second-order valence-electron chi connectivity index (χ2n) is 7.80. The third-order valence-electron chi connectivity index (χ3n) is 7.33. The summed E-state index contributed by atoms with van der Waals surface area (Å²) in [5, 5.41) is 0. The summed E-state index contributed by atoms with van der Waals surface area (Å²) in [4.78, 5) is 12.0. The highest BCUT2D eigenvalue weighted by Gasteiger charge is 2.58. The molecule has 7 unspecified atom stereocenters. The van der Waals surface area contributed by atoms with Crippen LogP contribution in [0, 0.1) is 35.5 Å². The molecular formula is C17H24O2. The molecule has 0 aromatic heterocycles. The van der Waals surface area contributed by atoms with Crippen LogP contribution in [0.1, 0.15) is 51.4 Å². The van der Waals surface area contributed by atoms with E-state index in [9.17, 15) is 4.79 Å². The monoisotopic (exact) mass is 260 g/mol. The Labute approximate surface area is 115 Å². The molecule has 2 nitrogen and oxygen atoms in total. The summed E-state index contributed by atoms with van der Waals surface area (Å²) in [5.41, 5.74) is 0. The quantitative estimate of drug-likeness (QED) is 0.626. The van der Waals surface area contributed by atoms with Gasteiger partial charge in [0.05, 0.1) is 12.2 Å². The fourth-order valence-corrected chi connectivity index (χ4v) is 6.56. The van der Waals surface area contributed by atoms with Crippen LogP contribution in [0.2, 0.25) is 0 Å². The molecule has 0 spiro atoms. The van der Waals surface area contributed by atoms with E-state index in [1.54, 1.807) is 0 Å². The van der Waals surface area contributed by atoms with E-state index < -0.39 is 0 Å². The zero-order chi connectivity index (χ0) is 12.6. The van der Waals surface area contributed by atoms with Gasteiger partial charge in [-0.25, -0.2) is 0 Å². The summed E-state index contributed by atoms with van der Waals surface area (Å²) < 4.78 is 5.88. The fourth-order valence-electron chi connectivity index (χ4n) is 6.56. The maximum absolute atomic E-state index is 12.0. The van der Waals surface area contributed by atoms with Crippen molar-refractivity contribution in [3.8, 4) is 0 Å². The minimum absolute atomic E-state index is 0.464. The normalized spacial score (nSPS) is 58.8. The molecule has 5 fully saturated rings. The molecule has 0 radical (unpaired) electrons. The molecule has 104 valence electrons. The summed E-state index contributed by atoms with van der Waals surface area (Å²) in [7, 11) is 0. The Morgan fingerprint density at radius 2 is 1.42 bits per heavy atom. The predicted octanol–water partition coefficient (Wildman–Crippen LogP) is 3.20. The van der Waals surface area contributed by atoms with Gasteiger partial charge in [0.2, 0.25) is 0 Å². The van der Waals surface area contributed by atoms with Gasteiger partial charge in [-0.05, 0) is 74.5 Å². The Hall–Kier alpha value is -0.370. The maximum atomic E-state index is 12.0. The molecule has 0 N–H and O–H groups in total. The van der Waals surface area contributed by atoms with Crippen LogP contribution >= 0.6 is 0 Å². The van der Waals surface area contributed by atoms with Crippen molar-refractivity contribution in [1.29, 1.82) is 0 Å². The lowest BCUT2D eigenvalue weighted by Gasteiger charge is -2.50. The highest BCUT2D eigenvalue weighted by Crippen LogP contribution is 2.59. The van der Waals surface area contributed by atoms with Crippen LogP contribution in [0.5, 0.6) is 0 Å². The number of ether oxygens (including phenoxy) is 1. The molecule has 5 rings (SSSR count). The Morgan fingerprint density at radius 3 is 2.37 bits per heavy atom. The van der Waals surface area contributed by atoms with E-state index in [2.05, 4.69) is 0 Å². The SMILES string of the molecule is O=C1CCC2C1CCC1C2CCC2C1CCC1O[C@@H]12. The first-order valence-electron chi connectivity index (χ1n) is 8.51. The summed E-state index contributed by atoms with van der Waals surface area (Å²) in [6.45, 7) is 0. The van der Waals surface area contributed by atoms with Gasteiger partial charge in [0, 0.05) is 12.3 Å². The lowest BCUT2D eigenvalue weighted by atomic mass is 9.54. The molecule has 8 atom stereocenters. The topological polar surface area (TPSA) is 29.6 Å². The summed E-state index contributed by atoms with van der Waals surface area (Å²) >= 11 is 0. The van der Waals surface area contributed by atoms with Crippen LogP contribution in [0.25, 0.3) is 0 Å².